The number of nitrogens with one attached hydrogen (secondary N) is 1. The van der Waals surface area contributed by atoms with Gasteiger partial charge in [-0.05, 0) is 19.1 Å². The minimum absolute atomic E-state index is 0. The summed E-state index contributed by atoms with van der Waals surface area (Å²) >= 11 is 0. The molecule has 3 N–H and O–H groups in total. The van der Waals surface area contributed by atoms with Crippen molar-refractivity contribution in [2.24, 2.45) is 10.7 Å². The van der Waals surface area contributed by atoms with Crippen LogP contribution in [0, 0.1) is 6.92 Å². The lowest BCUT2D eigenvalue weighted by Crippen LogP contribution is -2.22. The van der Waals surface area contributed by atoms with E-state index < -0.39 is 0 Å². The number of ether oxygens (including phenoxy) is 1. The van der Waals surface area contributed by atoms with Gasteiger partial charge < -0.3 is 20.2 Å². The molecule has 1 aromatic heterocycles. The minimum Gasteiger partial charge on any atom is -0.495 e. The number of rotatable bonds is 5. The fourth-order valence-electron chi connectivity index (χ4n) is 2.31. The van der Waals surface area contributed by atoms with Crippen LogP contribution in [-0.2, 0) is 6.54 Å². The lowest BCUT2D eigenvalue weighted by atomic mass is 10.1. The molecule has 0 bridgehead atoms. The summed E-state index contributed by atoms with van der Waals surface area (Å²) in [5.41, 5.74) is 8.85. The van der Waals surface area contributed by atoms with Gasteiger partial charge in [-0.2, -0.15) is 0 Å². The van der Waals surface area contributed by atoms with Crippen LogP contribution in [0.15, 0.2) is 64.1 Å². The molecule has 0 aliphatic carbocycles. The molecule has 0 aliphatic heterocycles. The molecule has 0 unspecified atom stereocenters. The molecule has 6 nitrogen and oxygen atoms in total. The second-order valence-electron chi connectivity index (χ2n) is 5.51. The van der Waals surface area contributed by atoms with E-state index in [1.54, 1.807) is 13.3 Å². The topological polar surface area (TPSA) is 85.7 Å². The Morgan fingerprint density at radius 3 is 2.65 bits per heavy atom. The number of halogens is 1. The maximum Gasteiger partial charge on any atom is 0.216 e. The van der Waals surface area contributed by atoms with Crippen molar-refractivity contribution in [2.45, 2.75) is 13.5 Å². The van der Waals surface area contributed by atoms with Crippen LogP contribution in [0.25, 0.3) is 11.3 Å². The third kappa shape index (κ3) is 4.98. The molecule has 0 amide bonds. The van der Waals surface area contributed by atoms with E-state index in [2.05, 4.69) is 15.3 Å². The highest BCUT2D eigenvalue weighted by Gasteiger charge is 2.07. The van der Waals surface area contributed by atoms with Crippen molar-refractivity contribution >= 4 is 35.6 Å². The van der Waals surface area contributed by atoms with Gasteiger partial charge in [-0.15, -0.1) is 24.0 Å². The number of aryl methyl sites for hydroxylation is 1. The lowest BCUT2D eigenvalue weighted by molar-refractivity contribution is 0.417. The van der Waals surface area contributed by atoms with E-state index in [1.165, 1.54) is 5.56 Å². The van der Waals surface area contributed by atoms with Gasteiger partial charge >= 0.3 is 0 Å². The van der Waals surface area contributed by atoms with Crippen LogP contribution < -0.4 is 15.8 Å². The van der Waals surface area contributed by atoms with Crippen LogP contribution in [0.5, 0.6) is 5.75 Å². The van der Waals surface area contributed by atoms with Crippen LogP contribution in [0.1, 0.15) is 11.5 Å². The van der Waals surface area contributed by atoms with Crippen molar-refractivity contribution in [2.75, 3.05) is 12.4 Å². The second kappa shape index (κ2) is 9.23. The molecular weight excluding hydrogens is 443 g/mol. The third-order valence-electron chi connectivity index (χ3n) is 3.64. The number of anilines is 1. The van der Waals surface area contributed by atoms with Crippen molar-refractivity contribution in [1.82, 2.24) is 4.98 Å². The Labute approximate surface area is 169 Å². The Morgan fingerprint density at radius 1 is 1.19 bits per heavy atom. The molecule has 2 aromatic carbocycles. The van der Waals surface area contributed by atoms with Gasteiger partial charge in [0.15, 0.2) is 11.7 Å². The third-order valence-corrected chi connectivity index (χ3v) is 3.64. The average molecular weight is 464 g/mol. The van der Waals surface area contributed by atoms with Crippen molar-refractivity contribution < 1.29 is 9.15 Å². The summed E-state index contributed by atoms with van der Waals surface area (Å²) in [6.07, 6.45) is 1.69. The second-order valence-corrected chi connectivity index (χ2v) is 5.51. The van der Waals surface area contributed by atoms with Crippen molar-refractivity contribution in [1.29, 1.82) is 0 Å². The molecule has 1 heterocycles. The number of nitrogens with zero attached hydrogens (tertiary/aromatic N) is 2. The Hall–Kier alpha value is -2.55. The summed E-state index contributed by atoms with van der Waals surface area (Å²) in [5, 5.41) is 3.01. The fraction of sp³-hybridized carbons (Fsp3) is 0.158. The fourth-order valence-corrected chi connectivity index (χ4v) is 2.31. The van der Waals surface area contributed by atoms with Gasteiger partial charge in [0, 0.05) is 5.56 Å². The Balaban J connectivity index is 0.00000243. The number of aromatic nitrogens is 1. The number of methoxy groups -OCH3 is 1. The van der Waals surface area contributed by atoms with Crippen molar-refractivity contribution in [3.05, 3.63) is 66.2 Å². The first kappa shape index (κ1) is 19.8. The molecule has 0 radical (unpaired) electrons. The standard InChI is InChI=1S/C19H20N4O2.HI/c1-13-7-9-14(10-8-13)17-11-21-18(25-17)12-22-19(20)23-15-5-3-4-6-16(15)24-2;/h3-11H,12H2,1-2H3,(H3,20,22,23);1H. The van der Waals surface area contributed by atoms with Gasteiger partial charge in [-0.3, -0.25) is 0 Å². The lowest BCUT2D eigenvalue weighted by Gasteiger charge is -2.09. The number of benzene rings is 2. The van der Waals surface area contributed by atoms with Gasteiger partial charge in [0.25, 0.3) is 0 Å². The summed E-state index contributed by atoms with van der Waals surface area (Å²) in [7, 11) is 1.60. The first-order chi connectivity index (χ1) is 12.2. The molecule has 0 fully saturated rings. The summed E-state index contributed by atoms with van der Waals surface area (Å²) in [6, 6.07) is 15.5. The number of aliphatic imine (C=N–C) groups is 1. The molecule has 0 atom stereocenters. The van der Waals surface area contributed by atoms with Crippen molar-refractivity contribution in [3.63, 3.8) is 0 Å². The van der Waals surface area contributed by atoms with Crippen molar-refractivity contribution in [3.8, 4) is 17.1 Å². The van der Waals surface area contributed by atoms with E-state index in [1.807, 2.05) is 55.5 Å². The highest BCUT2D eigenvalue weighted by molar-refractivity contribution is 14.0. The minimum atomic E-state index is 0. The number of para-hydroxylation sites is 2. The van der Waals surface area contributed by atoms with Gasteiger partial charge in [0.1, 0.15) is 12.3 Å². The van der Waals surface area contributed by atoms with Crippen LogP contribution in [0.3, 0.4) is 0 Å². The van der Waals surface area contributed by atoms with Gasteiger partial charge in [-0.1, -0.05) is 42.0 Å². The summed E-state index contributed by atoms with van der Waals surface area (Å²) in [4.78, 5) is 8.50. The van der Waals surface area contributed by atoms with E-state index in [0.29, 0.717) is 17.4 Å². The molecule has 0 aliphatic rings. The van der Waals surface area contributed by atoms with E-state index in [9.17, 15) is 0 Å². The molecule has 7 heteroatoms. The predicted molar refractivity (Wildman–Crippen MR) is 114 cm³/mol. The summed E-state index contributed by atoms with van der Waals surface area (Å²) in [5.74, 6) is 2.17. The molecule has 0 saturated heterocycles. The zero-order chi connectivity index (χ0) is 17.6. The Morgan fingerprint density at radius 2 is 1.92 bits per heavy atom. The maximum atomic E-state index is 5.93. The van der Waals surface area contributed by atoms with Gasteiger partial charge in [-0.25, -0.2) is 9.98 Å². The zero-order valence-electron chi connectivity index (χ0n) is 14.6. The molecular formula is C19H21IN4O2. The smallest absolute Gasteiger partial charge is 0.216 e. The van der Waals surface area contributed by atoms with Gasteiger partial charge in [0.05, 0.1) is 19.0 Å². The number of guanidine groups is 1. The molecule has 3 aromatic rings. The molecule has 26 heavy (non-hydrogen) atoms. The Kier molecular flexibility index (Phi) is 7.02. The highest BCUT2D eigenvalue weighted by atomic mass is 127. The quantitative estimate of drug-likeness (QED) is 0.336. The SMILES string of the molecule is COc1ccccc1NC(N)=NCc1ncc(-c2ccc(C)cc2)o1.I. The number of oxazole rings is 1. The van der Waals surface area contributed by atoms with Crippen LogP contribution in [0.4, 0.5) is 5.69 Å². The number of hydrogen-bond acceptors (Lipinski definition) is 4. The molecule has 3 rings (SSSR count). The zero-order valence-corrected chi connectivity index (χ0v) is 16.9. The summed E-state index contributed by atoms with van der Waals surface area (Å²) < 4.78 is 11.0. The van der Waals surface area contributed by atoms with E-state index >= 15 is 0 Å². The summed E-state index contributed by atoms with van der Waals surface area (Å²) in [6.45, 7) is 2.29. The van der Waals surface area contributed by atoms with Crippen LogP contribution >= 0.6 is 24.0 Å². The van der Waals surface area contributed by atoms with E-state index in [0.717, 1.165) is 11.3 Å². The first-order valence-corrected chi connectivity index (χ1v) is 7.87. The largest absolute Gasteiger partial charge is 0.495 e. The first-order valence-electron chi connectivity index (χ1n) is 7.87. The number of nitrogens with two attached hydrogens (primary N) is 1. The highest BCUT2D eigenvalue weighted by Crippen LogP contribution is 2.23. The normalized spacial score (nSPS) is 10.9. The number of hydrogen-bond donors (Lipinski definition) is 2. The predicted octanol–water partition coefficient (Wildman–Crippen LogP) is 4.20. The van der Waals surface area contributed by atoms with Gasteiger partial charge in [0.2, 0.25) is 5.89 Å². The van der Waals surface area contributed by atoms with Crippen LogP contribution in [0.2, 0.25) is 0 Å². The molecule has 136 valence electrons. The van der Waals surface area contributed by atoms with E-state index in [4.69, 9.17) is 14.9 Å². The van der Waals surface area contributed by atoms with Crippen LogP contribution in [-0.4, -0.2) is 18.1 Å². The molecule has 0 spiro atoms. The van der Waals surface area contributed by atoms with E-state index in [-0.39, 0.29) is 36.5 Å². The average Bonchev–Trinajstić information content (AvgIpc) is 3.10. The molecule has 0 saturated carbocycles. The Bertz CT molecular complexity index is 875. The maximum absolute atomic E-state index is 5.93. The monoisotopic (exact) mass is 464 g/mol.